The Labute approximate surface area is 151 Å². The molecule has 3 rings (SSSR count). The van der Waals surface area contributed by atoms with Crippen molar-refractivity contribution >= 4 is 17.2 Å². The lowest BCUT2D eigenvalue weighted by molar-refractivity contribution is -0.132. The van der Waals surface area contributed by atoms with Crippen LogP contribution in [0.5, 0.6) is 5.75 Å². The van der Waals surface area contributed by atoms with Crippen molar-refractivity contribution in [3.05, 3.63) is 76.4 Å². The second-order valence-corrected chi connectivity index (χ2v) is 6.79. The first-order chi connectivity index (χ1) is 12.2. The van der Waals surface area contributed by atoms with Crippen molar-refractivity contribution in [1.29, 1.82) is 0 Å². The molecule has 0 aliphatic heterocycles. The van der Waals surface area contributed by atoms with Gasteiger partial charge in [-0.1, -0.05) is 18.2 Å². The van der Waals surface area contributed by atoms with E-state index in [1.165, 1.54) is 4.88 Å². The molecule has 0 bridgehead atoms. The van der Waals surface area contributed by atoms with Crippen molar-refractivity contribution in [3.63, 3.8) is 0 Å². The van der Waals surface area contributed by atoms with Crippen LogP contribution in [0.25, 0.3) is 0 Å². The van der Waals surface area contributed by atoms with Crippen molar-refractivity contribution in [2.75, 3.05) is 7.11 Å². The fourth-order valence-electron chi connectivity index (χ4n) is 2.62. The van der Waals surface area contributed by atoms with Gasteiger partial charge in [-0.25, -0.2) is 0 Å². The number of methoxy groups -OCH3 is 1. The topological polar surface area (TPSA) is 42.7 Å². The van der Waals surface area contributed by atoms with E-state index in [9.17, 15) is 4.79 Å². The molecular weight excluding hydrogens is 334 g/mol. The summed E-state index contributed by atoms with van der Waals surface area (Å²) in [6.07, 6.45) is 2.82. The Kier molecular flexibility index (Phi) is 5.90. The lowest BCUT2D eigenvalue weighted by Gasteiger charge is -2.21. The fraction of sp³-hybridized carbons (Fsp3) is 0.250. The smallest absolute Gasteiger partial charge is 0.223 e. The summed E-state index contributed by atoms with van der Waals surface area (Å²) in [6.45, 7) is 1.10. The number of ether oxygens (including phenoxy) is 1. The Hall–Kier alpha value is -2.53. The van der Waals surface area contributed by atoms with Gasteiger partial charge in [0.1, 0.15) is 11.5 Å². The van der Waals surface area contributed by atoms with Gasteiger partial charge in [-0.3, -0.25) is 4.79 Å². The van der Waals surface area contributed by atoms with E-state index in [4.69, 9.17) is 9.15 Å². The second-order valence-electron chi connectivity index (χ2n) is 5.76. The molecule has 1 amide bonds. The van der Waals surface area contributed by atoms with Gasteiger partial charge in [0.2, 0.25) is 5.91 Å². The van der Waals surface area contributed by atoms with Gasteiger partial charge < -0.3 is 14.1 Å². The van der Waals surface area contributed by atoms with Crippen molar-refractivity contribution in [2.24, 2.45) is 0 Å². The van der Waals surface area contributed by atoms with Crippen LogP contribution in [-0.2, 0) is 24.3 Å². The number of aryl methyl sites for hydroxylation is 1. The van der Waals surface area contributed by atoms with Crippen molar-refractivity contribution in [3.8, 4) is 5.75 Å². The molecule has 5 heteroatoms. The molecule has 0 fully saturated rings. The highest BCUT2D eigenvalue weighted by Gasteiger charge is 2.16. The molecule has 3 aromatic rings. The SMILES string of the molecule is COc1ccc(CCC(=O)N(Cc2ccco2)Cc2cccs2)cc1. The maximum absolute atomic E-state index is 12.8. The zero-order chi connectivity index (χ0) is 17.5. The molecule has 0 spiro atoms. The lowest BCUT2D eigenvalue weighted by Crippen LogP contribution is -2.29. The quantitative estimate of drug-likeness (QED) is 0.597. The number of carbonyl (C=O) groups excluding carboxylic acids is 1. The summed E-state index contributed by atoms with van der Waals surface area (Å²) in [5, 5.41) is 2.03. The van der Waals surface area contributed by atoms with Gasteiger partial charge in [-0.15, -0.1) is 11.3 Å². The van der Waals surface area contributed by atoms with Crippen molar-refractivity contribution in [2.45, 2.75) is 25.9 Å². The molecule has 0 aliphatic carbocycles. The van der Waals surface area contributed by atoms with Crippen molar-refractivity contribution in [1.82, 2.24) is 4.90 Å². The average Bonchev–Trinajstić information content (AvgIpc) is 3.33. The summed E-state index contributed by atoms with van der Waals surface area (Å²) in [7, 11) is 1.65. The molecule has 2 aromatic heterocycles. The summed E-state index contributed by atoms with van der Waals surface area (Å²) in [6, 6.07) is 15.7. The van der Waals surface area contributed by atoms with Gasteiger partial charge >= 0.3 is 0 Å². The van der Waals surface area contributed by atoms with E-state index in [1.54, 1.807) is 24.7 Å². The summed E-state index contributed by atoms with van der Waals surface area (Å²) in [5.41, 5.74) is 1.13. The minimum atomic E-state index is 0.126. The van der Waals surface area contributed by atoms with Gasteiger partial charge in [0, 0.05) is 11.3 Å². The molecule has 25 heavy (non-hydrogen) atoms. The molecule has 130 valence electrons. The molecule has 1 aromatic carbocycles. The Morgan fingerprint density at radius 1 is 1.12 bits per heavy atom. The van der Waals surface area contributed by atoms with Crippen LogP contribution < -0.4 is 4.74 Å². The predicted octanol–water partition coefficient (Wildman–Crippen LogP) is 4.51. The molecule has 4 nitrogen and oxygen atoms in total. The van der Waals surface area contributed by atoms with E-state index < -0.39 is 0 Å². The van der Waals surface area contributed by atoms with Gasteiger partial charge in [-0.05, 0) is 47.7 Å². The summed E-state index contributed by atoms with van der Waals surface area (Å²) in [4.78, 5) is 15.8. The van der Waals surface area contributed by atoms with Crippen LogP contribution in [-0.4, -0.2) is 17.9 Å². The molecule has 2 heterocycles. The number of thiophene rings is 1. The molecule has 0 saturated carbocycles. The van der Waals surface area contributed by atoms with E-state index in [0.717, 1.165) is 17.1 Å². The molecule has 0 saturated heterocycles. The van der Waals surface area contributed by atoms with Gasteiger partial charge in [0.05, 0.1) is 26.5 Å². The summed E-state index contributed by atoms with van der Waals surface area (Å²) < 4.78 is 10.6. The van der Waals surface area contributed by atoms with E-state index in [0.29, 0.717) is 25.9 Å². The number of nitrogens with zero attached hydrogens (tertiary/aromatic N) is 1. The minimum Gasteiger partial charge on any atom is -0.497 e. The highest BCUT2D eigenvalue weighted by molar-refractivity contribution is 7.09. The van der Waals surface area contributed by atoms with E-state index >= 15 is 0 Å². The number of benzene rings is 1. The molecule has 0 atom stereocenters. The number of hydrogen-bond donors (Lipinski definition) is 0. The van der Waals surface area contributed by atoms with Gasteiger partial charge in [-0.2, -0.15) is 0 Å². The van der Waals surface area contributed by atoms with Crippen LogP contribution >= 0.6 is 11.3 Å². The molecule has 0 N–H and O–H groups in total. The maximum Gasteiger partial charge on any atom is 0.223 e. The average molecular weight is 355 g/mol. The van der Waals surface area contributed by atoms with E-state index in [1.807, 2.05) is 52.7 Å². The molecule has 0 unspecified atom stereocenters. The van der Waals surface area contributed by atoms with Crippen LogP contribution in [0.4, 0.5) is 0 Å². The number of carbonyl (C=O) groups is 1. The summed E-state index contributed by atoms with van der Waals surface area (Å²) in [5.74, 6) is 1.75. The van der Waals surface area contributed by atoms with Crippen LogP contribution in [0.2, 0.25) is 0 Å². The zero-order valence-electron chi connectivity index (χ0n) is 14.2. The van der Waals surface area contributed by atoms with Gasteiger partial charge in [0.15, 0.2) is 0 Å². The lowest BCUT2D eigenvalue weighted by atomic mass is 10.1. The standard InChI is InChI=1S/C20H21NO3S/c1-23-17-9-6-16(7-10-17)8-11-20(22)21(14-18-4-2-12-24-18)15-19-5-3-13-25-19/h2-7,9-10,12-13H,8,11,14-15H2,1H3. The number of rotatable bonds is 8. The third-order valence-corrected chi connectivity index (χ3v) is 4.85. The Morgan fingerprint density at radius 2 is 1.96 bits per heavy atom. The second kappa shape index (κ2) is 8.53. The molecule has 0 radical (unpaired) electrons. The normalized spacial score (nSPS) is 10.6. The monoisotopic (exact) mass is 355 g/mol. The largest absolute Gasteiger partial charge is 0.497 e. The Morgan fingerprint density at radius 3 is 2.60 bits per heavy atom. The predicted molar refractivity (Wildman–Crippen MR) is 98.6 cm³/mol. The van der Waals surface area contributed by atoms with Crippen LogP contribution in [0.1, 0.15) is 22.6 Å². The highest BCUT2D eigenvalue weighted by Crippen LogP contribution is 2.17. The first-order valence-electron chi connectivity index (χ1n) is 8.20. The Balaban J connectivity index is 1.62. The Bertz CT molecular complexity index is 728. The zero-order valence-corrected chi connectivity index (χ0v) is 15.0. The maximum atomic E-state index is 12.8. The van der Waals surface area contributed by atoms with Crippen molar-refractivity contribution < 1.29 is 13.9 Å². The molecule has 0 aliphatic rings. The third-order valence-electron chi connectivity index (χ3n) is 3.99. The first kappa shape index (κ1) is 17.3. The number of furan rings is 1. The van der Waals surface area contributed by atoms with E-state index in [-0.39, 0.29) is 5.91 Å². The summed E-state index contributed by atoms with van der Waals surface area (Å²) >= 11 is 1.66. The number of hydrogen-bond acceptors (Lipinski definition) is 4. The number of amides is 1. The molecular formula is C20H21NO3S. The third kappa shape index (κ3) is 4.97. The fourth-order valence-corrected chi connectivity index (χ4v) is 3.33. The van der Waals surface area contributed by atoms with E-state index in [2.05, 4.69) is 6.07 Å². The first-order valence-corrected chi connectivity index (χ1v) is 9.08. The highest BCUT2D eigenvalue weighted by atomic mass is 32.1. The minimum absolute atomic E-state index is 0.126. The van der Waals surface area contributed by atoms with Crippen LogP contribution in [0.15, 0.2) is 64.6 Å². The van der Waals surface area contributed by atoms with Gasteiger partial charge in [0.25, 0.3) is 0 Å². The van der Waals surface area contributed by atoms with Crippen LogP contribution in [0, 0.1) is 0 Å². The van der Waals surface area contributed by atoms with Crippen LogP contribution in [0.3, 0.4) is 0 Å².